The Morgan fingerprint density at radius 1 is 1.13 bits per heavy atom. The molecule has 0 unspecified atom stereocenters. The maximum Gasteiger partial charge on any atom is 0.331 e. The van der Waals surface area contributed by atoms with Gasteiger partial charge in [0, 0.05) is 38.4 Å². The molecule has 1 aliphatic heterocycles. The third-order valence-electron chi connectivity index (χ3n) is 6.95. The Morgan fingerprint density at radius 3 is 2.74 bits per heavy atom. The fourth-order valence-corrected chi connectivity index (χ4v) is 5.38. The Morgan fingerprint density at radius 2 is 1.94 bits per heavy atom. The van der Waals surface area contributed by atoms with Gasteiger partial charge < -0.3 is 5.32 Å². The van der Waals surface area contributed by atoms with Crippen molar-refractivity contribution < 1.29 is 4.79 Å². The van der Waals surface area contributed by atoms with Crippen LogP contribution in [0.3, 0.4) is 0 Å². The molecule has 162 valence electrons. The molecule has 3 aromatic rings. The van der Waals surface area contributed by atoms with Gasteiger partial charge in [0.25, 0.3) is 0 Å². The van der Waals surface area contributed by atoms with E-state index in [1.807, 2.05) is 16.7 Å². The molecule has 3 heterocycles. The van der Waals surface area contributed by atoms with E-state index in [4.69, 9.17) is 0 Å². The zero-order chi connectivity index (χ0) is 21.4. The Bertz CT molecular complexity index is 1160. The standard InChI is InChI=1S/C24H29N5O2/c1-25-22(30)16-28-21-10-5-13-26-23(21)29(24(28)31)18-11-14-27(15-12-18)20-9-4-7-17-6-2-3-8-19(17)20/h2-3,5-6,8,10,13,18,20H,4,7,9,11-12,14-16H2,1H3,(H,25,30)/t20-/m1/s1. The summed E-state index contributed by atoms with van der Waals surface area (Å²) in [5.74, 6) is -0.184. The molecule has 1 aliphatic carbocycles. The topological polar surface area (TPSA) is 72.2 Å². The Labute approximate surface area is 181 Å². The number of likely N-dealkylation sites (tertiary alicyclic amines) is 1. The lowest BCUT2D eigenvalue weighted by Gasteiger charge is -2.40. The number of carbonyl (C=O) groups is 1. The van der Waals surface area contributed by atoms with Crippen LogP contribution in [0.1, 0.15) is 48.9 Å². The summed E-state index contributed by atoms with van der Waals surface area (Å²) in [5.41, 5.74) is 4.23. The number of amides is 1. The highest BCUT2D eigenvalue weighted by Crippen LogP contribution is 2.37. The first kappa shape index (κ1) is 20.0. The molecule has 2 aliphatic rings. The molecule has 2 aromatic heterocycles. The van der Waals surface area contributed by atoms with E-state index in [1.165, 1.54) is 30.4 Å². The first-order valence-electron chi connectivity index (χ1n) is 11.3. The number of hydrogen-bond donors (Lipinski definition) is 1. The van der Waals surface area contributed by atoms with E-state index in [2.05, 4.69) is 39.5 Å². The van der Waals surface area contributed by atoms with Gasteiger partial charge >= 0.3 is 5.69 Å². The monoisotopic (exact) mass is 419 g/mol. The Hall–Kier alpha value is -2.93. The molecule has 0 bridgehead atoms. The van der Waals surface area contributed by atoms with Crippen molar-refractivity contribution in [1.29, 1.82) is 0 Å². The summed E-state index contributed by atoms with van der Waals surface area (Å²) in [7, 11) is 1.59. The van der Waals surface area contributed by atoms with E-state index < -0.39 is 0 Å². The smallest absolute Gasteiger partial charge is 0.331 e. The van der Waals surface area contributed by atoms with Crippen molar-refractivity contribution in [3.05, 3.63) is 64.2 Å². The summed E-state index contributed by atoms with van der Waals surface area (Å²) in [6.45, 7) is 1.94. The number of aryl methyl sites for hydroxylation is 1. The third-order valence-corrected chi connectivity index (χ3v) is 6.95. The number of aromatic nitrogens is 3. The van der Waals surface area contributed by atoms with E-state index in [-0.39, 0.29) is 24.2 Å². The molecule has 5 rings (SSSR count). The molecule has 7 heteroatoms. The first-order chi connectivity index (χ1) is 15.2. The Kier molecular flexibility index (Phi) is 5.36. The average molecular weight is 420 g/mol. The van der Waals surface area contributed by atoms with Gasteiger partial charge in [-0.3, -0.25) is 18.8 Å². The molecule has 0 spiro atoms. The number of nitrogens with one attached hydrogen (secondary N) is 1. The molecule has 1 aromatic carbocycles. The number of benzene rings is 1. The van der Waals surface area contributed by atoms with Crippen molar-refractivity contribution in [2.45, 2.75) is 50.7 Å². The Balaban J connectivity index is 1.40. The lowest BCUT2D eigenvalue weighted by atomic mass is 9.86. The van der Waals surface area contributed by atoms with Crippen molar-refractivity contribution >= 4 is 17.1 Å². The van der Waals surface area contributed by atoms with Crippen LogP contribution in [-0.2, 0) is 17.8 Å². The first-order valence-corrected chi connectivity index (χ1v) is 11.3. The highest BCUT2D eigenvalue weighted by atomic mass is 16.2. The summed E-state index contributed by atoms with van der Waals surface area (Å²) >= 11 is 0. The molecule has 1 saturated heterocycles. The molecule has 1 fully saturated rings. The van der Waals surface area contributed by atoms with E-state index in [0.717, 1.165) is 31.4 Å². The fourth-order valence-electron chi connectivity index (χ4n) is 5.38. The van der Waals surface area contributed by atoms with Crippen molar-refractivity contribution in [3.8, 4) is 0 Å². The van der Waals surface area contributed by atoms with Crippen LogP contribution < -0.4 is 11.0 Å². The van der Waals surface area contributed by atoms with E-state index >= 15 is 0 Å². The molecule has 0 radical (unpaired) electrons. The zero-order valence-corrected chi connectivity index (χ0v) is 18.0. The molecule has 1 atom stereocenters. The summed E-state index contributed by atoms with van der Waals surface area (Å²) < 4.78 is 3.37. The highest BCUT2D eigenvalue weighted by Gasteiger charge is 2.31. The normalized spacial score (nSPS) is 20.0. The zero-order valence-electron chi connectivity index (χ0n) is 18.0. The number of hydrogen-bond acceptors (Lipinski definition) is 4. The van der Waals surface area contributed by atoms with Gasteiger partial charge in [0.05, 0.1) is 5.52 Å². The number of imidazole rings is 1. The number of pyridine rings is 1. The molecule has 31 heavy (non-hydrogen) atoms. The van der Waals surface area contributed by atoms with Crippen LogP contribution in [0.2, 0.25) is 0 Å². The predicted octanol–water partition coefficient (Wildman–Crippen LogP) is 2.66. The number of carbonyl (C=O) groups excluding carboxylic acids is 1. The second kappa shape index (κ2) is 8.30. The summed E-state index contributed by atoms with van der Waals surface area (Å²) in [6, 6.07) is 13.1. The number of fused-ring (bicyclic) bond motifs is 2. The largest absolute Gasteiger partial charge is 0.358 e. The van der Waals surface area contributed by atoms with Gasteiger partial charge in [-0.2, -0.15) is 0 Å². The van der Waals surface area contributed by atoms with Crippen LogP contribution in [0, 0.1) is 0 Å². The predicted molar refractivity (Wildman–Crippen MR) is 120 cm³/mol. The average Bonchev–Trinajstić information content (AvgIpc) is 3.10. The van der Waals surface area contributed by atoms with Crippen LogP contribution >= 0.6 is 0 Å². The molecule has 1 N–H and O–H groups in total. The maximum absolute atomic E-state index is 13.3. The number of nitrogens with zero attached hydrogens (tertiary/aromatic N) is 4. The van der Waals surface area contributed by atoms with Gasteiger partial charge in [-0.25, -0.2) is 9.78 Å². The van der Waals surface area contributed by atoms with E-state index in [9.17, 15) is 9.59 Å². The molecular weight excluding hydrogens is 390 g/mol. The van der Waals surface area contributed by atoms with Crippen LogP contribution in [0.5, 0.6) is 0 Å². The summed E-state index contributed by atoms with van der Waals surface area (Å²) in [6.07, 6.45) is 7.15. The van der Waals surface area contributed by atoms with Crippen molar-refractivity contribution in [2.75, 3.05) is 20.1 Å². The van der Waals surface area contributed by atoms with E-state index in [0.29, 0.717) is 11.7 Å². The minimum Gasteiger partial charge on any atom is -0.358 e. The van der Waals surface area contributed by atoms with Gasteiger partial charge in [-0.1, -0.05) is 24.3 Å². The number of likely N-dealkylation sites (N-methyl/N-ethyl adjacent to an activating group) is 1. The van der Waals surface area contributed by atoms with Crippen molar-refractivity contribution in [1.82, 2.24) is 24.3 Å². The van der Waals surface area contributed by atoms with Gasteiger partial charge in [0.15, 0.2) is 5.65 Å². The van der Waals surface area contributed by atoms with Crippen molar-refractivity contribution in [3.63, 3.8) is 0 Å². The molecule has 7 nitrogen and oxygen atoms in total. The number of piperidine rings is 1. The molecule has 1 amide bonds. The van der Waals surface area contributed by atoms with Crippen LogP contribution in [-0.4, -0.2) is 45.1 Å². The fraction of sp³-hybridized carbons (Fsp3) is 0.458. The van der Waals surface area contributed by atoms with Crippen molar-refractivity contribution in [2.24, 2.45) is 0 Å². The summed E-state index contributed by atoms with van der Waals surface area (Å²) in [5, 5.41) is 2.61. The quantitative estimate of drug-likeness (QED) is 0.706. The second-order valence-corrected chi connectivity index (χ2v) is 8.63. The lowest BCUT2D eigenvalue weighted by molar-refractivity contribution is -0.121. The van der Waals surface area contributed by atoms with Gasteiger partial charge in [0.1, 0.15) is 6.54 Å². The summed E-state index contributed by atoms with van der Waals surface area (Å²) in [4.78, 5) is 32.4. The SMILES string of the molecule is CNC(=O)Cn1c(=O)n(C2CCN([C@@H]3CCCc4ccccc43)CC2)c2ncccc21. The van der Waals surface area contributed by atoms with Crippen LogP contribution in [0.25, 0.3) is 11.2 Å². The number of rotatable bonds is 4. The van der Waals surface area contributed by atoms with E-state index in [1.54, 1.807) is 17.8 Å². The minimum atomic E-state index is -0.184. The highest BCUT2D eigenvalue weighted by molar-refractivity contribution is 5.79. The van der Waals surface area contributed by atoms with Gasteiger partial charge in [0.2, 0.25) is 5.91 Å². The lowest BCUT2D eigenvalue weighted by Crippen LogP contribution is -2.41. The third kappa shape index (κ3) is 3.57. The van der Waals surface area contributed by atoms with Gasteiger partial charge in [-0.15, -0.1) is 0 Å². The second-order valence-electron chi connectivity index (χ2n) is 8.63. The molecular formula is C24H29N5O2. The minimum absolute atomic E-state index is 0.0161. The van der Waals surface area contributed by atoms with Gasteiger partial charge in [-0.05, 0) is 55.4 Å². The van der Waals surface area contributed by atoms with Crippen LogP contribution in [0.15, 0.2) is 47.4 Å². The van der Waals surface area contributed by atoms with Crippen LogP contribution in [0.4, 0.5) is 0 Å². The molecule has 0 saturated carbocycles. The maximum atomic E-state index is 13.3.